The molecule has 0 atom stereocenters. The number of hydrogen-bond donors (Lipinski definition) is 3. The zero-order valence-corrected chi connectivity index (χ0v) is 25.2. The molecule has 3 N–H and O–H groups in total. The third-order valence-electron chi connectivity index (χ3n) is 7.64. The van der Waals surface area contributed by atoms with Crippen LogP contribution < -0.4 is 20.9 Å². The van der Waals surface area contributed by atoms with Crippen LogP contribution in [0.3, 0.4) is 0 Å². The lowest BCUT2D eigenvalue weighted by atomic mass is 9.96. The number of H-pyrrole nitrogens is 1. The molecule has 2 saturated heterocycles. The number of nitrogens with one attached hydrogen (secondary N) is 3. The molecule has 1 aliphatic carbocycles. The Morgan fingerprint density at radius 1 is 1.09 bits per heavy atom. The Kier molecular flexibility index (Phi) is 10.4. The van der Waals surface area contributed by atoms with E-state index in [4.69, 9.17) is 4.74 Å². The molecule has 0 spiro atoms. The van der Waals surface area contributed by atoms with Gasteiger partial charge in [0.25, 0.3) is 23.3 Å². The van der Waals surface area contributed by atoms with Crippen LogP contribution >= 0.6 is 0 Å². The van der Waals surface area contributed by atoms with E-state index in [0.29, 0.717) is 23.4 Å². The third-order valence-corrected chi connectivity index (χ3v) is 7.64. The number of nitrogens with zero attached hydrogens (tertiary/aromatic N) is 2. The predicted molar refractivity (Wildman–Crippen MR) is 162 cm³/mol. The summed E-state index contributed by atoms with van der Waals surface area (Å²) in [5.41, 5.74) is 1.13. The van der Waals surface area contributed by atoms with Gasteiger partial charge in [-0.3, -0.25) is 14.4 Å². The lowest BCUT2D eigenvalue weighted by Gasteiger charge is -2.39. The maximum absolute atomic E-state index is 13.5. The summed E-state index contributed by atoms with van der Waals surface area (Å²) in [6.07, 6.45) is 7.13. The highest BCUT2D eigenvalue weighted by atomic mass is 19.3. The van der Waals surface area contributed by atoms with E-state index < -0.39 is 43.0 Å². The molecule has 46 heavy (non-hydrogen) atoms. The van der Waals surface area contributed by atoms with E-state index >= 15 is 0 Å². The summed E-state index contributed by atoms with van der Waals surface area (Å²) in [7, 11) is 1.72. The summed E-state index contributed by atoms with van der Waals surface area (Å²) in [5, 5.41) is 5.57. The number of alkyl halides is 4. The first kappa shape index (κ1) is 33.1. The van der Waals surface area contributed by atoms with Crippen LogP contribution in [0.2, 0.25) is 0 Å². The van der Waals surface area contributed by atoms with Gasteiger partial charge in [0.15, 0.2) is 0 Å². The largest absolute Gasteiger partial charge is 0.435 e. The summed E-state index contributed by atoms with van der Waals surface area (Å²) < 4.78 is 62.3. The number of likely N-dealkylation sites (tertiary alicyclic amines) is 1. The standard InChI is InChI=1S/C27H25F4N5O4.C5H10O/c1-32-10-14-6-20(23(37)33-11-14)24(38)35-22-8-16(7-21(34-22)15-2-3-15)18-5-4-17(40-26(28)29)9-19(18)25(39)36-12-27(30,31)13-36;1-2-4-6-5-3-1/h4-9,11,15,26,32H,2-3,10,12-13H2,1H3,(H,33,37)(H,34,35,38);1-5H2. The normalized spacial score (nSPS) is 17.0. The number of benzene rings is 1. The van der Waals surface area contributed by atoms with Crippen molar-refractivity contribution in [1.29, 1.82) is 0 Å². The molecule has 2 aromatic heterocycles. The highest BCUT2D eigenvalue weighted by Gasteiger charge is 2.46. The predicted octanol–water partition coefficient (Wildman–Crippen LogP) is 5.17. The minimum atomic E-state index is -3.15. The van der Waals surface area contributed by atoms with Gasteiger partial charge >= 0.3 is 6.61 Å². The number of amides is 2. The van der Waals surface area contributed by atoms with Crippen LogP contribution in [0.5, 0.6) is 5.75 Å². The summed E-state index contributed by atoms with van der Waals surface area (Å²) in [5.74, 6) is -4.60. The Balaban J connectivity index is 0.000000624. The quantitative estimate of drug-likeness (QED) is 0.275. The van der Waals surface area contributed by atoms with Gasteiger partial charge in [-0.2, -0.15) is 8.78 Å². The molecule has 0 unspecified atom stereocenters. The smallest absolute Gasteiger partial charge is 0.387 e. The van der Waals surface area contributed by atoms with E-state index in [1.54, 1.807) is 13.1 Å². The van der Waals surface area contributed by atoms with Crippen molar-refractivity contribution in [2.24, 2.45) is 0 Å². The van der Waals surface area contributed by atoms with Crippen molar-refractivity contribution in [3.8, 4) is 16.9 Å². The van der Waals surface area contributed by atoms with E-state index in [2.05, 4.69) is 25.3 Å². The van der Waals surface area contributed by atoms with Crippen LogP contribution in [0, 0.1) is 0 Å². The van der Waals surface area contributed by atoms with Crippen molar-refractivity contribution >= 4 is 17.6 Å². The molecule has 1 saturated carbocycles. The number of pyridine rings is 2. The fraction of sp³-hybridized carbons (Fsp3) is 0.438. The van der Waals surface area contributed by atoms with Gasteiger partial charge in [-0.25, -0.2) is 13.8 Å². The lowest BCUT2D eigenvalue weighted by Crippen LogP contribution is -2.58. The van der Waals surface area contributed by atoms with Crippen LogP contribution in [0.15, 0.2) is 47.4 Å². The topological polar surface area (TPSA) is 126 Å². The van der Waals surface area contributed by atoms with Crippen LogP contribution in [0.25, 0.3) is 11.1 Å². The molecule has 14 heteroatoms. The van der Waals surface area contributed by atoms with E-state index in [-0.39, 0.29) is 34.2 Å². The molecule has 0 radical (unpaired) electrons. The SMILES string of the molecule is C1CCOCC1.CNCc1c[nH]c(=O)c(C(=O)Nc2cc(-c3ccc(OC(F)F)cc3C(=O)N3CC(F)(F)C3)cc(C3CC3)n2)c1. The minimum absolute atomic E-state index is 0.101. The maximum Gasteiger partial charge on any atom is 0.387 e. The highest BCUT2D eigenvalue weighted by Crippen LogP contribution is 2.42. The molecular weight excluding hydrogens is 610 g/mol. The van der Waals surface area contributed by atoms with Crippen molar-refractivity contribution in [3.63, 3.8) is 0 Å². The van der Waals surface area contributed by atoms with Gasteiger partial charge in [0.2, 0.25) is 0 Å². The molecule has 2 aliphatic heterocycles. The van der Waals surface area contributed by atoms with Crippen LogP contribution in [0.1, 0.15) is 70.0 Å². The van der Waals surface area contributed by atoms with Crippen molar-refractivity contribution in [2.75, 3.05) is 38.7 Å². The molecule has 0 bridgehead atoms. The van der Waals surface area contributed by atoms with Crippen molar-refractivity contribution in [3.05, 3.63) is 75.3 Å². The fourth-order valence-corrected chi connectivity index (χ4v) is 5.19. The second-order valence-corrected chi connectivity index (χ2v) is 11.5. The molecule has 10 nitrogen and oxygen atoms in total. The van der Waals surface area contributed by atoms with Gasteiger partial charge in [-0.15, -0.1) is 0 Å². The first-order chi connectivity index (χ1) is 22.0. The monoisotopic (exact) mass is 645 g/mol. The zero-order chi connectivity index (χ0) is 32.8. The van der Waals surface area contributed by atoms with Crippen molar-refractivity contribution in [1.82, 2.24) is 20.2 Å². The molecular formula is C32H35F4N5O5. The molecule has 4 heterocycles. The number of hydrogen-bond acceptors (Lipinski definition) is 7. The van der Waals surface area contributed by atoms with E-state index in [1.807, 2.05) is 0 Å². The molecule has 3 aromatic rings. The Hall–Kier alpha value is -4.30. The number of ether oxygens (including phenoxy) is 2. The van der Waals surface area contributed by atoms with Gasteiger partial charge in [-0.05, 0) is 92.2 Å². The van der Waals surface area contributed by atoms with Gasteiger partial charge in [0.1, 0.15) is 17.1 Å². The minimum Gasteiger partial charge on any atom is -0.435 e. The zero-order valence-electron chi connectivity index (χ0n) is 25.2. The highest BCUT2D eigenvalue weighted by molar-refractivity contribution is 6.05. The molecule has 3 fully saturated rings. The average Bonchev–Trinajstić information content (AvgIpc) is 3.87. The van der Waals surface area contributed by atoms with Crippen molar-refractivity contribution in [2.45, 2.75) is 57.1 Å². The number of halogens is 4. The van der Waals surface area contributed by atoms with E-state index in [9.17, 15) is 31.9 Å². The van der Waals surface area contributed by atoms with Crippen LogP contribution in [-0.4, -0.2) is 72.6 Å². The molecule has 6 rings (SSSR count). The number of aromatic amines is 1. The Labute approximate surface area is 262 Å². The maximum atomic E-state index is 13.5. The van der Waals surface area contributed by atoms with Gasteiger partial charge in [0, 0.05) is 37.6 Å². The van der Waals surface area contributed by atoms with Crippen molar-refractivity contribution < 1.29 is 36.6 Å². The van der Waals surface area contributed by atoms with Gasteiger partial charge < -0.3 is 30.0 Å². The first-order valence-electron chi connectivity index (χ1n) is 15.1. The Morgan fingerprint density at radius 2 is 1.83 bits per heavy atom. The summed E-state index contributed by atoms with van der Waals surface area (Å²) in [4.78, 5) is 46.5. The van der Waals surface area contributed by atoms with Gasteiger partial charge in [0.05, 0.1) is 18.7 Å². The fourth-order valence-electron chi connectivity index (χ4n) is 5.19. The first-order valence-corrected chi connectivity index (χ1v) is 15.1. The Morgan fingerprint density at radius 3 is 2.41 bits per heavy atom. The number of carbonyl (C=O) groups is 2. The van der Waals surface area contributed by atoms with Crippen LogP contribution in [0.4, 0.5) is 23.4 Å². The summed E-state index contributed by atoms with van der Waals surface area (Å²) >= 11 is 0. The second kappa shape index (κ2) is 14.4. The lowest BCUT2D eigenvalue weighted by molar-refractivity contribution is -0.113. The number of carbonyl (C=O) groups excluding carboxylic acids is 2. The second-order valence-electron chi connectivity index (χ2n) is 11.5. The van der Waals surface area contributed by atoms with E-state index in [1.165, 1.54) is 49.7 Å². The number of anilines is 1. The van der Waals surface area contributed by atoms with Crippen LogP contribution in [-0.2, 0) is 11.3 Å². The third kappa shape index (κ3) is 8.49. The molecule has 246 valence electrons. The van der Waals surface area contributed by atoms with E-state index in [0.717, 1.165) is 37.0 Å². The number of aromatic nitrogens is 2. The molecule has 1 aromatic carbocycles. The molecule has 3 aliphatic rings. The summed E-state index contributed by atoms with van der Waals surface area (Å²) in [6, 6.07) is 8.34. The molecule has 2 amide bonds. The Bertz CT molecular complexity index is 1610. The van der Waals surface area contributed by atoms with Gasteiger partial charge in [-0.1, -0.05) is 0 Å². The average molecular weight is 646 g/mol. The summed E-state index contributed by atoms with van der Waals surface area (Å²) in [6.45, 7) is -2.32. The number of rotatable bonds is 9.